The fourth-order valence-corrected chi connectivity index (χ4v) is 3.81. The Morgan fingerprint density at radius 2 is 2.26 bits per heavy atom. The number of hydrogen-bond acceptors (Lipinski definition) is 10. The van der Waals surface area contributed by atoms with Gasteiger partial charge in [-0.3, -0.25) is 14.8 Å². The molecule has 0 aliphatic carbocycles. The number of aromatic nitrogens is 5. The van der Waals surface area contributed by atoms with E-state index in [1.54, 1.807) is 18.6 Å². The minimum Gasteiger partial charge on any atom is -0.374 e. The molecule has 11 heteroatoms. The van der Waals surface area contributed by atoms with Crippen molar-refractivity contribution in [1.82, 2.24) is 30.5 Å². The highest BCUT2D eigenvalue weighted by Gasteiger charge is 2.09. The number of anilines is 1. The average molecular weight is 365 g/mol. The molecule has 3 N–H and O–H groups in total. The van der Waals surface area contributed by atoms with E-state index in [9.17, 15) is 4.79 Å². The van der Waals surface area contributed by atoms with Crippen molar-refractivity contribution in [2.45, 2.75) is 10.9 Å². The van der Waals surface area contributed by atoms with Crippen LogP contribution in [0.4, 0.5) is 5.13 Å². The van der Waals surface area contributed by atoms with Crippen molar-refractivity contribution in [3.63, 3.8) is 0 Å². The van der Waals surface area contributed by atoms with Gasteiger partial charge in [-0.15, -0.1) is 21.5 Å². The van der Waals surface area contributed by atoms with Crippen molar-refractivity contribution in [2.75, 3.05) is 11.5 Å². The number of rotatable bonds is 6. The van der Waals surface area contributed by atoms with Crippen molar-refractivity contribution < 1.29 is 4.79 Å². The Morgan fingerprint density at radius 1 is 1.35 bits per heavy atom. The summed E-state index contributed by atoms with van der Waals surface area (Å²) in [7, 11) is 0. The second-order valence-corrected chi connectivity index (χ2v) is 7.30. The predicted octanol–water partition coefficient (Wildman–Crippen LogP) is 1.44. The number of nitrogens with two attached hydrogens (primary N) is 1. The Morgan fingerprint density at radius 3 is 3.00 bits per heavy atom. The summed E-state index contributed by atoms with van der Waals surface area (Å²) >= 11 is 4.03. The molecule has 0 fully saturated rings. The van der Waals surface area contributed by atoms with Crippen LogP contribution >= 0.6 is 34.4 Å². The zero-order valence-electron chi connectivity index (χ0n) is 11.7. The molecule has 0 aliphatic rings. The van der Waals surface area contributed by atoms with Crippen molar-refractivity contribution in [1.29, 1.82) is 0 Å². The molecule has 118 valence electrons. The number of thioether (sulfide) groups is 1. The molecule has 0 radical (unpaired) electrons. The lowest BCUT2D eigenvalue weighted by molar-refractivity contribution is -0.118. The zero-order valence-corrected chi connectivity index (χ0v) is 14.1. The van der Waals surface area contributed by atoms with E-state index in [1.807, 2.05) is 5.38 Å². The number of nitrogens with one attached hydrogen (secondary N) is 1. The Kier molecular flexibility index (Phi) is 5.10. The molecule has 0 aromatic carbocycles. The molecule has 0 aliphatic heterocycles. The molecule has 0 saturated heterocycles. The maximum absolute atomic E-state index is 11.8. The van der Waals surface area contributed by atoms with E-state index in [1.165, 1.54) is 34.4 Å². The summed E-state index contributed by atoms with van der Waals surface area (Å²) in [6.45, 7) is 0.369. The monoisotopic (exact) mass is 365 g/mol. The van der Waals surface area contributed by atoms with Crippen molar-refractivity contribution in [3.8, 4) is 10.7 Å². The van der Waals surface area contributed by atoms with Crippen molar-refractivity contribution in [3.05, 3.63) is 29.7 Å². The van der Waals surface area contributed by atoms with Crippen LogP contribution in [0.2, 0.25) is 0 Å². The summed E-state index contributed by atoms with van der Waals surface area (Å²) < 4.78 is 0.677. The molecule has 0 atom stereocenters. The number of nitrogen functional groups attached to an aromatic ring is 1. The number of carbonyl (C=O) groups excluding carboxylic acids is 1. The van der Waals surface area contributed by atoms with E-state index in [0.717, 1.165) is 16.4 Å². The summed E-state index contributed by atoms with van der Waals surface area (Å²) in [6, 6.07) is 0. The third-order valence-corrected chi connectivity index (χ3v) is 5.35. The molecule has 3 rings (SSSR count). The highest BCUT2D eigenvalue weighted by molar-refractivity contribution is 8.01. The van der Waals surface area contributed by atoms with Crippen LogP contribution in [-0.2, 0) is 11.3 Å². The van der Waals surface area contributed by atoms with Gasteiger partial charge in [-0.2, -0.15) is 0 Å². The molecular weight excluding hydrogens is 354 g/mol. The molecular formula is C12H11N7OS3. The second kappa shape index (κ2) is 7.44. The van der Waals surface area contributed by atoms with Gasteiger partial charge in [-0.25, -0.2) is 4.98 Å². The van der Waals surface area contributed by atoms with Crippen LogP contribution in [0, 0.1) is 0 Å². The van der Waals surface area contributed by atoms with Crippen LogP contribution in [0.15, 0.2) is 28.3 Å². The van der Waals surface area contributed by atoms with E-state index in [4.69, 9.17) is 5.73 Å². The Balaban J connectivity index is 1.48. The van der Waals surface area contributed by atoms with Crippen LogP contribution in [0.25, 0.3) is 10.7 Å². The van der Waals surface area contributed by atoms with Gasteiger partial charge in [0.1, 0.15) is 10.7 Å². The van der Waals surface area contributed by atoms with Crippen molar-refractivity contribution >= 4 is 45.5 Å². The molecule has 23 heavy (non-hydrogen) atoms. The standard InChI is InChI=1S/C12H11N7OS3/c13-11-18-19-12(23-11)22-6-9(20)16-3-7-5-21-10(17-7)8-4-14-1-2-15-8/h1-2,4-5H,3,6H2,(H2,13,18)(H,16,20). The zero-order chi connectivity index (χ0) is 16.1. The van der Waals surface area contributed by atoms with Crippen LogP contribution in [0.1, 0.15) is 5.69 Å². The maximum atomic E-state index is 11.8. The van der Waals surface area contributed by atoms with E-state index in [2.05, 4.69) is 30.5 Å². The minimum atomic E-state index is -0.0992. The highest BCUT2D eigenvalue weighted by Crippen LogP contribution is 2.23. The van der Waals surface area contributed by atoms with Crippen LogP contribution < -0.4 is 11.1 Å². The van der Waals surface area contributed by atoms with Gasteiger partial charge in [0.15, 0.2) is 4.34 Å². The first-order chi connectivity index (χ1) is 11.2. The Labute approximate surface area is 143 Å². The number of hydrogen-bond donors (Lipinski definition) is 2. The average Bonchev–Trinajstić information content (AvgIpc) is 3.21. The Bertz CT molecular complexity index is 789. The van der Waals surface area contributed by atoms with Gasteiger partial charge < -0.3 is 11.1 Å². The van der Waals surface area contributed by atoms with Gasteiger partial charge >= 0.3 is 0 Å². The van der Waals surface area contributed by atoms with Crippen molar-refractivity contribution in [2.24, 2.45) is 0 Å². The molecule has 3 heterocycles. The number of carbonyl (C=O) groups is 1. The summed E-state index contributed by atoms with van der Waals surface area (Å²) in [5.74, 6) is 0.160. The molecule has 0 unspecified atom stereocenters. The predicted molar refractivity (Wildman–Crippen MR) is 90.0 cm³/mol. The summed E-state index contributed by atoms with van der Waals surface area (Å²) in [5.41, 5.74) is 6.99. The molecule has 1 amide bonds. The fourth-order valence-electron chi connectivity index (χ4n) is 1.56. The molecule has 0 bridgehead atoms. The Hall–Kier alpha value is -2.11. The van der Waals surface area contributed by atoms with Crippen LogP contribution in [0.5, 0.6) is 0 Å². The van der Waals surface area contributed by atoms with Gasteiger partial charge in [0.2, 0.25) is 11.0 Å². The summed E-state index contributed by atoms with van der Waals surface area (Å²) in [6.07, 6.45) is 4.89. The maximum Gasteiger partial charge on any atom is 0.230 e. The normalized spacial score (nSPS) is 10.6. The summed E-state index contributed by atoms with van der Waals surface area (Å²) in [4.78, 5) is 24.5. The number of nitrogens with zero attached hydrogens (tertiary/aromatic N) is 5. The van der Waals surface area contributed by atoms with E-state index < -0.39 is 0 Å². The van der Waals surface area contributed by atoms with Gasteiger partial charge in [0.05, 0.1) is 24.2 Å². The van der Waals surface area contributed by atoms with Crippen LogP contribution in [-0.4, -0.2) is 36.8 Å². The molecule has 0 spiro atoms. The fraction of sp³-hybridized carbons (Fsp3) is 0.167. The van der Waals surface area contributed by atoms with Gasteiger partial charge in [-0.1, -0.05) is 23.1 Å². The topological polar surface area (TPSA) is 120 Å². The van der Waals surface area contributed by atoms with Gasteiger partial charge in [0.25, 0.3) is 0 Å². The largest absolute Gasteiger partial charge is 0.374 e. The lowest BCUT2D eigenvalue weighted by atomic mass is 10.4. The first kappa shape index (κ1) is 15.8. The lowest BCUT2D eigenvalue weighted by Gasteiger charge is -2.01. The number of thiazole rings is 1. The molecule has 3 aromatic heterocycles. The molecule has 8 nitrogen and oxygen atoms in total. The van der Waals surface area contributed by atoms with Crippen LogP contribution in [0.3, 0.4) is 0 Å². The quantitative estimate of drug-likeness (QED) is 0.630. The van der Waals surface area contributed by atoms with E-state index in [-0.39, 0.29) is 11.7 Å². The second-order valence-electron chi connectivity index (χ2n) is 4.21. The molecule has 3 aromatic rings. The third kappa shape index (κ3) is 4.43. The third-order valence-electron chi connectivity index (χ3n) is 2.55. The first-order valence-corrected chi connectivity index (χ1v) is 9.08. The van der Waals surface area contributed by atoms with Gasteiger partial charge in [0, 0.05) is 17.8 Å². The van der Waals surface area contributed by atoms with E-state index in [0.29, 0.717) is 16.0 Å². The van der Waals surface area contributed by atoms with E-state index >= 15 is 0 Å². The first-order valence-electron chi connectivity index (χ1n) is 6.40. The van der Waals surface area contributed by atoms with Gasteiger partial charge in [-0.05, 0) is 0 Å². The SMILES string of the molecule is Nc1nnc(SCC(=O)NCc2csc(-c3cnccn3)n2)s1. The lowest BCUT2D eigenvalue weighted by Crippen LogP contribution is -2.24. The summed E-state index contributed by atoms with van der Waals surface area (Å²) in [5, 5.41) is 13.4. The highest BCUT2D eigenvalue weighted by atomic mass is 32.2. The molecule has 0 saturated carbocycles. The number of amides is 1. The minimum absolute atomic E-state index is 0.0992. The smallest absolute Gasteiger partial charge is 0.230 e.